The molecule has 2 nitrogen and oxygen atoms in total. The fraction of sp³-hybridized carbons (Fsp3) is 0.462. The van der Waals surface area contributed by atoms with Crippen molar-refractivity contribution in [2.45, 2.75) is 25.4 Å². The fourth-order valence-corrected chi connectivity index (χ4v) is 2.03. The van der Waals surface area contributed by atoms with Gasteiger partial charge in [0.1, 0.15) is 6.17 Å². The molecule has 2 rings (SSSR count). The Hall–Kier alpha value is -1.38. The molecule has 1 fully saturated rings. The molecule has 0 aliphatic carbocycles. The van der Waals surface area contributed by atoms with Crippen LogP contribution >= 0.6 is 0 Å². The number of nitrogens with zero attached hydrogens (tertiary/aromatic N) is 1. The zero-order chi connectivity index (χ0) is 11.4. The Labute approximate surface area is 95.1 Å². The minimum atomic E-state index is -1.17. The first kappa shape index (κ1) is 11.1. The number of alkyl halides is 1. The Bertz CT molecular complexity index is 346. The quantitative estimate of drug-likeness (QED) is 0.768. The lowest BCUT2D eigenvalue weighted by atomic mass is 10.1. The molecule has 1 aliphatic heterocycles. The van der Waals surface area contributed by atoms with E-state index in [1.807, 2.05) is 6.07 Å². The van der Waals surface area contributed by atoms with Crippen LogP contribution in [0.4, 0.5) is 4.39 Å². The smallest absolute Gasteiger partial charge is 0.225 e. The second kappa shape index (κ2) is 5.10. The van der Waals surface area contributed by atoms with Crippen LogP contribution in [-0.2, 0) is 4.79 Å². The van der Waals surface area contributed by atoms with Crippen molar-refractivity contribution in [1.82, 2.24) is 4.90 Å². The average Bonchev–Trinajstić information content (AvgIpc) is 2.83. The van der Waals surface area contributed by atoms with Gasteiger partial charge in [-0.05, 0) is 18.4 Å². The molecule has 0 spiro atoms. The lowest BCUT2D eigenvalue weighted by Gasteiger charge is -2.16. The number of benzene rings is 1. The summed E-state index contributed by atoms with van der Waals surface area (Å²) in [6.45, 7) is 1.58. The number of likely N-dealkylation sites (tertiary alicyclic amines) is 1. The van der Waals surface area contributed by atoms with Crippen LogP contribution in [0, 0.1) is 0 Å². The van der Waals surface area contributed by atoms with Crippen molar-refractivity contribution in [2.24, 2.45) is 0 Å². The van der Waals surface area contributed by atoms with Gasteiger partial charge < -0.3 is 4.90 Å². The van der Waals surface area contributed by atoms with E-state index < -0.39 is 6.17 Å². The van der Waals surface area contributed by atoms with E-state index in [0.29, 0.717) is 5.56 Å². The molecule has 1 unspecified atom stereocenters. The molecule has 1 aliphatic rings. The van der Waals surface area contributed by atoms with Crippen LogP contribution in [0.5, 0.6) is 0 Å². The highest BCUT2D eigenvalue weighted by Gasteiger charge is 2.22. The Morgan fingerprint density at radius 1 is 1.25 bits per heavy atom. The maximum absolute atomic E-state index is 13.8. The van der Waals surface area contributed by atoms with E-state index in [2.05, 4.69) is 0 Å². The van der Waals surface area contributed by atoms with Gasteiger partial charge in [0.25, 0.3) is 0 Å². The highest BCUT2D eigenvalue weighted by molar-refractivity contribution is 5.77. The van der Waals surface area contributed by atoms with Crippen LogP contribution in [0.3, 0.4) is 0 Å². The van der Waals surface area contributed by atoms with Crippen molar-refractivity contribution < 1.29 is 9.18 Å². The van der Waals surface area contributed by atoms with Crippen LogP contribution in [0.2, 0.25) is 0 Å². The SMILES string of the molecule is O=C(CC(F)c1ccccc1)N1CCCC1. The van der Waals surface area contributed by atoms with Gasteiger partial charge in [-0.1, -0.05) is 30.3 Å². The topological polar surface area (TPSA) is 20.3 Å². The molecule has 0 saturated carbocycles. The predicted octanol–water partition coefficient (Wildman–Crippen LogP) is 2.71. The van der Waals surface area contributed by atoms with Gasteiger partial charge in [-0.2, -0.15) is 0 Å². The number of carbonyl (C=O) groups is 1. The highest BCUT2D eigenvalue weighted by atomic mass is 19.1. The van der Waals surface area contributed by atoms with Gasteiger partial charge in [0.2, 0.25) is 5.91 Å². The summed E-state index contributed by atoms with van der Waals surface area (Å²) >= 11 is 0. The normalized spacial score (nSPS) is 17.4. The van der Waals surface area contributed by atoms with Crippen LogP contribution in [0.25, 0.3) is 0 Å². The molecule has 1 aromatic carbocycles. The summed E-state index contributed by atoms with van der Waals surface area (Å²) in [5.41, 5.74) is 0.593. The summed E-state index contributed by atoms with van der Waals surface area (Å²) in [5.74, 6) is -0.0612. The fourth-order valence-electron chi connectivity index (χ4n) is 2.03. The van der Waals surface area contributed by atoms with E-state index in [0.717, 1.165) is 25.9 Å². The van der Waals surface area contributed by atoms with Gasteiger partial charge in [-0.3, -0.25) is 4.79 Å². The average molecular weight is 221 g/mol. The first-order chi connectivity index (χ1) is 7.77. The third-order valence-electron chi connectivity index (χ3n) is 2.97. The number of amides is 1. The van der Waals surface area contributed by atoms with E-state index in [9.17, 15) is 9.18 Å². The Kier molecular flexibility index (Phi) is 3.54. The van der Waals surface area contributed by atoms with Gasteiger partial charge in [-0.25, -0.2) is 4.39 Å². The van der Waals surface area contributed by atoms with Crippen molar-refractivity contribution in [3.8, 4) is 0 Å². The van der Waals surface area contributed by atoms with E-state index >= 15 is 0 Å². The van der Waals surface area contributed by atoms with Crippen LogP contribution in [0.1, 0.15) is 31.0 Å². The standard InChI is InChI=1S/C13H16FNO/c14-12(11-6-2-1-3-7-11)10-13(16)15-8-4-5-9-15/h1-3,6-7,12H,4-5,8-10H2. The monoisotopic (exact) mass is 221 g/mol. The van der Waals surface area contributed by atoms with Crippen molar-refractivity contribution >= 4 is 5.91 Å². The summed E-state index contributed by atoms with van der Waals surface area (Å²) in [5, 5.41) is 0. The van der Waals surface area contributed by atoms with Crippen molar-refractivity contribution in [1.29, 1.82) is 0 Å². The number of hydrogen-bond donors (Lipinski definition) is 0. The van der Waals surface area contributed by atoms with E-state index in [1.54, 1.807) is 29.2 Å². The molecule has 3 heteroatoms. The lowest BCUT2D eigenvalue weighted by molar-refractivity contribution is -0.131. The largest absolute Gasteiger partial charge is 0.343 e. The first-order valence-electron chi connectivity index (χ1n) is 5.74. The van der Waals surface area contributed by atoms with Crippen LogP contribution in [0.15, 0.2) is 30.3 Å². The maximum Gasteiger partial charge on any atom is 0.225 e. The van der Waals surface area contributed by atoms with Crippen molar-refractivity contribution in [2.75, 3.05) is 13.1 Å². The minimum Gasteiger partial charge on any atom is -0.343 e. The molecule has 1 aromatic rings. The molecule has 0 radical (unpaired) electrons. The summed E-state index contributed by atoms with van der Waals surface area (Å²) in [6.07, 6.45) is 0.904. The third kappa shape index (κ3) is 2.60. The Morgan fingerprint density at radius 3 is 2.50 bits per heavy atom. The lowest BCUT2D eigenvalue weighted by Crippen LogP contribution is -2.28. The zero-order valence-electron chi connectivity index (χ0n) is 9.23. The van der Waals surface area contributed by atoms with Gasteiger partial charge in [0, 0.05) is 13.1 Å². The summed E-state index contributed by atoms with van der Waals surface area (Å²) < 4.78 is 13.8. The first-order valence-corrected chi connectivity index (χ1v) is 5.74. The van der Waals surface area contributed by atoms with Gasteiger partial charge >= 0.3 is 0 Å². The molecular formula is C13H16FNO. The number of halogens is 1. The second-order valence-corrected chi connectivity index (χ2v) is 4.17. The van der Waals surface area contributed by atoms with E-state index in [1.165, 1.54) is 0 Å². The number of rotatable bonds is 3. The molecule has 0 N–H and O–H groups in total. The van der Waals surface area contributed by atoms with Crippen LogP contribution < -0.4 is 0 Å². The molecule has 1 amide bonds. The number of hydrogen-bond acceptors (Lipinski definition) is 1. The summed E-state index contributed by atoms with van der Waals surface area (Å²) in [7, 11) is 0. The Morgan fingerprint density at radius 2 is 1.88 bits per heavy atom. The van der Waals surface area contributed by atoms with Gasteiger partial charge in [0.15, 0.2) is 0 Å². The van der Waals surface area contributed by atoms with Crippen molar-refractivity contribution in [3.63, 3.8) is 0 Å². The molecule has 1 saturated heterocycles. The molecule has 0 aromatic heterocycles. The van der Waals surface area contributed by atoms with E-state index in [-0.39, 0.29) is 12.3 Å². The summed E-state index contributed by atoms with van der Waals surface area (Å²) in [6, 6.07) is 8.88. The summed E-state index contributed by atoms with van der Waals surface area (Å²) in [4.78, 5) is 13.5. The van der Waals surface area contributed by atoms with Crippen molar-refractivity contribution in [3.05, 3.63) is 35.9 Å². The molecule has 16 heavy (non-hydrogen) atoms. The third-order valence-corrected chi connectivity index (χ3v) is 2.97. The van der Waals surface area contributed by atoms with E-state index in [4.69, 9.17) is 0 Å². The zero-order valence-corrected chi connectivity index (χ0v) is 9.23. The predicted molar refractivity (Wildman–Crippen MR) is 60.7 cm³/mol. The molecule has 1 atom stereocenters. The minimum absolute atomic E-state index is 0.0238. The van der Waals surface area contributed by atoms with Gasteiger partial charge in [0.05, 0.1) is 6.42 Å². The number of carbonyl (C=O) groups excluding carboxylic acids is 1. The molecule has 0 bridgehead atoms. The second-order valence-electron chi connectivity index (χ2n) is 4.17. The Balaban J connectivity index is 1.92. The molecule has 1 heterocycles. The molecular weight excluding hydrogens is 205 g/mol. The molecule has 86 valence electrons. The highest BCUT2D eigenvalue weighted by Crippen LogP contribution is 2.22. The van der Waals surface area contributed by atoms with Crippen LogP contribution in [-0.4, -0.2) is 23.9 Å². The maximum atomic E-state index is 13.8. The van der Waals surface area contributed by atoms with Gasteiger partial charge in [-0.15, -0.1) is 0 Å².